The molecular weight excluding hydrogens is 294 g/mol. The van der Waals surface area contributed by atoms with Crippen LogP contribution in [0.25, 0.3) is 0 Å². The van der Waals surface area contributed by atoms with E-state index in [0.717, 1.165) is 24.9 Å². The summed E-state index contributed by atoms with van der Waals surface area (Å²) in [7, 11) is 0. The minimum absolute atomic E-state index is 0.249. The van der Waals surface area contributed by atoms with Crippen molar-refractivity contribution < 1.29 is 4.79 Å². The molecule has 0 unspecified atom stereocenters. The highest BCUT2D eigenvalue weighted by molar-refractivity contribution is 6.07. The molecule has 1 heterocycles. The summed E-state index contributed by atoms with van der Waals surface area (Å²) in [6, 6.07) is 18.6. The third-order valence-electron chi connectivity index (χ3n) is 5.54. The van der Waals surface area contributed by atoms with Gasteiger partial charge in [-0.2, -0.15) is 0 Å². The van der Waals surface area contributed by atoms with Crippen LogP contribution in [0.4, 0.5) is 5.69 Å². The highest BCUT2D eigenvalue weighted by Crippen LogP contribution is 2.46. The first-order valence-electron chi connectivity index (χ1n) is 9.05. The number of amides is 1. The SMILES string of the molecule is CCC(CC)C[C@@]1(C)C(=O)N(Cc2ccccc2)c2ccccc21. The van der Waals surface area contributed by atoms with Gasteiger partial charge < -0.3 is 4.90 Å². The van der Waals surface area contributed by atoms with E-state index in [1.54, 1.807) is 0 Å². The molecule has 0 aliphatic carbocycles. The molecule has 0 radical (unpaired) electrons. The first kappa shape index (κ1) is 16.8. The van der Waals surface area contributed by atoms with Crippen molar-refractivity contribution in [3.8, 4) is 0 Å². The largest absolute Gasteiger partial charge is 0.307 e. The van der Waals surface area contributed by atoms with Crippen LogP contribution in [0.2, 0.25) is 0 Å². The van der Waals surface area contributed by atoms with Crippen molar-refractivity contribution in [1.82, 2.24) is 0 Å². The molecule has 2 aromatic rings. The smallest absolute Gasteiger partial charge is 0.237 e. The van der Waals surface area contributed by atoms with Crippen LogP contribution in [-0.2, 0) is 16.8 Å². The third-order valence-corrected chi connectivity index (χ3v) is 5.54. The second-order valence-electron chi connectivity index (χ2n) is 7.11. The van der Waals surface area contributed by atoms with Gasteiger partial charge in [-0.25, -0.2) is 0 Å². The molecule has 2 heteroatoms. The number of hydrogen-bond acceptors (Lipinski definition) is 1. The highest BCUT2D eigenvalue weighted by Gasteiger charge is 2.47. The van der Waals surface area contributed by atoms with E-state index in [1.807, 2.05) is 29.2 Å². The van der Waals surface area contributed by atoms with Gasteiger partial charge in [0.15, 0.2) is 0 Å². The molecule has 2 aromatic carbocycles. The Balaban J connectivity index is 1.97. The molecule has 24 heavy (non-hydrogen) atoms. The first-order chi connectivity index (χ1) is 11.6. The predicted molar refractivity (Wildman–Crippen MR) is 100 cm³/mol. The molecule has 1 atom stereocenters. The van der Waals surface area contributed by atoms with E-state index >= 15 is 0 Å². The maximum absolute atomic E-state index is 13.4. The minimum Gasteiger partial charge on any atom is -0.307 e. The van der Waals surface area contributed by atoms with Gasteiger partial charge in [0.05, 0.1) is 12.0 Å². The molecule has 3 rings (SSSR count). The molecular formula is C22H27NO. The lowest BCUT2D eigenvalue weighted by Crippen LogP contribution is -2.39. The normalized spacial score (nSPS) is 19.8. The summed E-state index contributed by atoms with van der Waals surface area (Å²) in [5.41, 5.74) is 3.05. The van der Waals surface area contributed by atoms with Gasteiger partial charge in [0, 0.05) is 5.69 Å². The topological polar surface area (TPSA) is 20.3 Å². The average molecular weight is 321 g/mol. The van der Waals surface area contributed by atoms with Crippen LogP contribution in [0.1, 0.15) is 51.2 Å². The van der Waals surface area contributed by atoms with E-state index < -0.39 is 5.41 Å². The monoisotopic (exact) mass is 321 g/mol. The second-order valence-corrected chi connectivity index (χ2v) is 7.11. The number of anilines is 1. The lowest BCUT2D eigenvalue weighted by atomic mass is 9.75. The van der Waals surface area contributed by atoms with E-state index in [9.17, 15) is 4.79 Å². The van der Waals surface area contributed by atoms with E-state index in [0.29, 0.717) is 12.5 Å². The lowest BCUT2D eigenvalue weighted by molar-refractivity contribution is -0.123. The average Bonchev–Trinajstić information content (AvgIpc) is 2.83. The Morgan fingerprint density at radius 2 is 1.58 bits per heavy atom. The van der Waals surface area contributed by atoms with Gasteiger partial charge >= 0.3 is 0 Å². The van der Waals surface area contributed by atoms with E-state index in [1.165, 1.54) is 11.1 Å². The van der Waals surface area contributed by atoms with E-state index in [2.05, 4.69) is 51.1 Å². The van der Waals surface area contributed by atoms with Crippen molar-refractivity contribution in [1.29, 1.82) is 0 Å². The van der Waals surface area contributed by atoms with Crippen LogP contribution < -0.4 is 4.90 Å². The third kappa shape index (κ3) is 2.86. The quantitative estimate of drug-likeness (QED) is 0.705. The van der Waals surface area contributed by atoms with Crippen LogP contribution in [-0.4, -0.2) is 5.91 Å². The molecule has 1 aliphatic rings. The number of nitrogens with zero attached hydrogens (tertiary/aromatic N) is 1. The molecule has 0 saturated carbocycles. The molecule has 0 saturated heterocycles. The molecule has 0 N–H and O–H groups in total. The molecule has 1 amide bonds. The molecule has 0 aromatic heterocycles. The van der Waals surface area contributed by atoms with Gasteiger partial charge in [0.25, 0.3) is 0 Å². The van der Waals surface area contributed by atoms with Crippen molar-refractivity contribution in [2.45, 2.75) is 52.0 Å². The summed E-state index contributed by atoms with van der Waals surface area (Å²) < 4.78 is 0. The molecule has 1 aliphatic heterocycles. The van der Waals surface area contributed by atoms with Gasteiger partial charge in [-0.15, -0.1) is 0 Å². The van der Waals surface area contributed by atoms with Crippen molar-refractivity contribution >= 4 is 11.6 Å². The first-order valence-corrected chi connectivity index (χ1v) is 9.05. The zero-order valence-electron chi connectivity index (χ0n) is 15.0. The number of para-hydroxylation sites is 1. The van der Waals surface area contributed by atoms with Crippen molar-refractivity contribution in [2.24, 2.45) is 5.92 Å². The summed E-state index contributed by atoms with van der Waals surface area (Å²) in [5.74, 6) is 0.836. The number of carbonyl (C=O) groups excluding carboxylic acids is 1. The van der Waals surface area contributed by atoms with Gasteiger partial charge in [0.2, 0.25) is 5.91 Å². The van der Waals surface area contributed by atoms with E-state index in [-0.39, 0.29) is 5.91 Å². The van der Waals surface area contributed by atoms with Gasteiger partial charge in [-0.1, -0.05) is 75.2 Å². The standard InChI is InChI=1S/C22H27NO/c1-4-17(5-2)15-22(3)19-13-9-10-14-20(19)23(21(22)24)16-18-11-7-6-8-12-18/h6-14,17H,4-5,15-16H2,1-3H3/t22-/m1/s1. The molecule has 0 bridgehead atoms. The Morgan fingerprint density at radius 3 is 2.25 bits per heavy atom. The molecule has 126 valence electrons. The molecule has 0 fully saturated rings. The second kappa shape index (κ2) is 6.80. The number of rotatable bonds is 6. The summed E-state index contributed by atoms with van der Waals surface area (Å²) in [6.07, 6.45) is 3.18. The Bertz CT molecular complexity index is 705. The lowest BCUT2D eigenvalue weighted by Gasteiger charge is -2.28. The van der Waals surface area contributed by atoms with Crippen LogP contribution in [0, 0.1) is 5.92 Å². The summed E-state index contributed by atoms with van der Waals surface area (Å²) >= 11 is 0. The fourth-order valence-electron chi connectivity index (χ4n) is 3.97. The zero-order valence-corrected chi connectivity index (χ0v) is 15.0. The van der Waals surface area contributed by atoms with Crippen LogP contribution in [0.15, 0.2) is 54.6 Å². The van der Waals surface area contributed by atoms with E-state index in [4.69, 9.17) is 0 Å². The number of benzene rings is 2. The van der Waals surface area contributed by atoms with Crippen molar-refractivity contribution in [3.63, 3.8) is 0 Å². The predicted octanol–water partition coefficient (Wildman–Crippen LogP) is 5.32. The van der Waals surface area contributed by atoms with Gasteiger partial charge in [-0.3, -0.25) is 4.79 Å². The summed E-state index contributed by atoms with van der Waals surface area (Å²) in [6.45, 7) is 7.24. The Hall–Kier alpha value is -2.09. The van der Waals surface area contributed by atoms with Crippen molar-refractivity contribution in [2.75, 3.05) is 4.90 Å². The molecule has 0 spiro atoms. The fourth-order valence-corrected chi connectivity index (χ4v) is 3.97. The summed E-state index contributed by atoms with van der Waals surface area (Å²) in [5, 5.41) is 0. The Labute approximate surface area is 145 Å². The Morgan fingerprint density at radius 1 is 0.958 bits per heavy atom. The Kier molecular flexibility index (Phi) is 4.75. The van der Waals surface area contributed by atoms with Crippen LogP contribution in [0.3, 0.4) is 0 Å². The fraction of sp³-hybridized carbons (Fsp3) is 0.409. The van der Waals surface area contributed by atoms with Crippen molar-refractivity contribution in [3.05, 3.63) is 65.7 Å². The molecule has 2 nitrogen and oxygen atoms in total. The number of carbonyl (C=O) groups is 1. The van der Waals surface area contributed by atoms with Crippen LogP contribution >= 0.6 is 0 Å². The van der Waals surface area contributed by atoms with Gasteiger partial charge in [0.1, 0.15) is 0 Å². The highest BCUT2D eigenvalue weighted by atomic mass is 16.2. The maximum atomic E-state index is 13.4. The van der Waals surface area contributed by atoms with Crippen LogP contribution in [0.5, 0.6) is 0 Å². The zero-order chi connectivity index (χ0) is 17.2. The number of fused-ring (bicyclic) bond motifs is 1. The maximum Gasteiger partial charge on any atom is 0.237 e. The van der Waals surface area contributed by atoms with Gasteiger partial charge in [-0.05, 0) is 36.5 Å². The summed E-state index contributed by atoms with van der Waals surface area (Å²) in [4.78, 5) is 15.4. The number of hydrogen-bond donors (Lipinski definition) is 0. The minimum atomic E-state index is -0.401.